The zero-order chi connectivity index (χ0) is 22.6. The van der Waals surface area contributed by atoms with Crippen LogP contribution in [-0.4, -0.2) is 57.6 Å². The number of carbonyl (C=O) groups is 3. The molecule has 2 aliphatic heterocycles. The highest BCUT2D eigenvalue weighted by Crippen LogP contribution is 2.39. The van der Waals surface area contributed by atoms with E-state index in [-0.39, 0.29) is 23.3 Å². The zero-order valence-corrected chi connectivity index (χ0v) is 17.1. The average molecular weight is 455 g/mol. The van der Waals surface area contributed by atoms with Gasteiger partial charge in [-0.25, -0.2) is 4.79 Å². The molecule has 0 bridgehead atoms. The first kappa shape index (κ1) is 22.7. The molecule has 31 heavy (non-hydrogen) atoms. The highest BCUT2D eigenvalue weighted by Gasteiger charge is 2.46. The maximum absolute atomic E-state index is 12.5. The number of nitrogens with zero attached hydrogens (tertiary/aromatic N) is 2. The van der Waals surface area contributed by atoms with Crippen LogP contribution in [0.15, 0.2) is 41.4 Å². The Morgan fingerprint density at radius 1 is 1.19 bits per heavy atom. The summed E-state index contributed by atoms with van der Waals surface area (Å²) in [7, 11) is 0. The standard InChI is InChI=1S/C18H19N3O2S.C2HF3O2/c22-16-15(13-1-6-19-7-2-13)11-18(20-16)4-8-21(9-5-18)17(23)14-3-10-24-12-14;3-2(4,5)1(6)7/h1-3,6-7,10,12,15H,4-5,8-9,11H2,(H,20,22);(H,6,7). The summed E-state index contributed by atoms with van der Waals surface area (Å²) in [5.74, 6) is -2.67. The Bertz CT molecular complexity index is 927. The molecule has 2 aliphatic rings. The lowest BCUT2D eigenvalue weighted by molar-refractivity contribution is -0.192. The minimum Gasteiger partial charge on any atom is -0.475 e. The second-order valence-corrected chi connectivity index (χ2v) is 8.19. The van der Waals surface area contributed by atoms with Crippen molar-refractivity contribution in [1.82, 2.24) is 15.2 Å². The molecule has 2 saturated heterocycles. The number of carboxylic acid groups (broad SMARTS) is 1. The van der Waals surface area contributed by atoms with Crippen molar-refractivity contribution < 1.29 is 32.7 Å². The fourth-order valence-corrected chi connectivity index (χ4v) is 4.41. The van der Waals surface area contributed by atoms with Gasteiger partial charge >= 0.3 is 12.1 Å². The van der Waals surface area contributed by atoms with Crippen molar-refractivity contribution >= 4 is 29.1 Å². The molecule has 0 saturated carbocycles. The van der Waals surface area contributed by atoms with Gasteiger partial charge in [0.05, 0.1) is 11.5 Å². The lowest BCUT2D eigenvalue weighted by Gasteiger charge is -2.39. The number of halogens is 3. The fourth-order valence-electron chi connectivity index (χ4n) is 3.78. The molecule has 2 fully saturated rings. The van der Waals surface area contributed by atoms with Gasteiger partial charge in [-0.15, -0.1) is 0 Å². The summed E-state index contributed by atoms with van der Waals surface area (Å²) in [5, 5.41) is 14.2. The van der Waals surface area contributed by atoms with Crippen LogP contribution in [0.25, 0.3) is 0 Å². The molecule has 1 spiro atoms. The van der Waals surface area contributed by atoms with Crippen LogP contribution in [0.3, 0.4) is 0 Å². The third-order valence-electron chi connectivity index (χ3n) is 5.43. The molecule has 0 aliphatic carbocycles. The van der Waals surface area contributed by atoms with Crippen LogP contribution in [0.5, 0.6) is 0 Å². The number of likely N-dealkylation sites (tertiary alicyclic amines) is 1. The van der Waals surface area contributed by atoms with Crippen molar-refractivity contribution in [2.75, 3.05) is 13.1 Å². The number of alkyl halides is 3. The minimum absolute atomic E-state index is 0.0961. The van der Waals surface area contributed by atoms with Crippen molar-refractivity contribution in [3.05, 3.63) is 52.5 Å². The van der Waals surface area contributed by atoms with Crippen LogP contribution >= 0.6 is 11.3 Å². The number of hydrogen-bond acceptors (Lipinski definition) is 5. The largest absolute Gasteiger partial charge is 0.490 e. The third-order valence-corrected chi connectivity index (χ3v) is 6.11. The third kappa shape index (κ3) is 5.40. The highest BCUT2D eigenvalue weighted by molar-refractivity contribution is 7.08. The van der Waals surface area contributed by atoms with E-state index >= 15 is 0 Å². The number of piperidine rings is 1. The maximum atomic E-state index is 12.5. The van der Waals surface area contributed by atoms with E-state index in [2.05, 4.69) is 10.3 Å². The summed E-state index contributed by atoms with van der Waals surface area (Å²) in [6.07, 6.45) is 0.814. The second kappa shape index (κ2) is 9.04. The van der Waals surface area contributed by atoms with E-state index < -0.39 is 12.1 Å². The lowest BCUT2D eigenvalue weighted by atomic mass is 9.82. The van der Waals surface area contributed by atoms with Gasteiger partial charge in [-0.05, 0) is 48.4 Å². The van der Waals surface area contributed by atoms with Gasteiger partial charge in [0.25, 0.3) is 5.91 Å². The molecule has 2 amide bonds. The molecule has 0 radical (unpaired) electrons. The van der Waals surface area contributed by atoms with Gasteiger partial charge in [-0.1, -0.05) is 0 Å². The van der Waals surface area contributed by atoms with E-state index in [4.69, 9.17) is 9.90 Å². The van der Waals surface area contributed by atoms with Gasteiger partial charge in [0.1, 0.15) is 0 Å². The Kier molecular flexibility index (Phi) is 6.63. The molecule has 2 aromatic rings. The fraction of sp³-hybridized carbons (Fsp3) is 0.400. The number of hydrogen-bond donors (Lipinski definition) is 2. The van der Waals surface area contributed by atoms with Crippen LogP contribution < -0.4 is 5.32 Å². The van der Waals surface area contributed by atoms with E-state index in [1.54, 1.807) is 12.4 Å². The predicted molar refractivity (Wildman–Crippen MR) is 106 cm³/mol. The predicted octanol–water partition coefficient (Wildman–Crippen LogP) is 3.05. The van der Waals surface area contributed by atoms with E-state index in [0.717, 1.165) is 30.4 Å². The first-order valence-electron chi connectivity index (χ1n) is 9.45. The van der Waals surface area contributed by atoms with Gasteiger partial charge in [0.15, 0.2) is 0 Å². The number of aliphatic carboxylic acids is 1. The molecule has 11 heteroatoms. The molecule has 4 heterocycles. The molecule has 2 N–H and O–H groups in total. The Morgan fingerprint density at radius 2 is 1.81 bits per heavy atom. The van der Waals surface area contributed by atoms with Gasteiger partial charge in [-0.3, -0.25) is 14.6 Å². The van der Waals surface area contributed by atoms with Crippen molar-refractivity contribution in [3.63, 3.8) is 0 Å². The normalized spacial score (nSPS) is 20.0. The molecule has 7 nitrogen and oxygen atoms in total. The summed E-state index contributed by atoms with van der Waals surface area (Å²) in [5.41, 5.74) is 1.62. The van der Waals surface area contributed by atoms with Crippen LogP contribution in [-0.2, 0) is 9.59 Å². The molecule has 166 valence electrons. The van der Waals surface area contributed by atoms with Crippen molar-refractivity contribution in [1.29, 1.82) is 0 Å². The summed E-state index contributed by atoms with van der Waals surface area (Å²) < 4.78 is 31.7. The summed E-state index contributed by atoms with van der Waals surface area (Å²) in [6, 6.07) is 5.70. The number of nitrogens with one attached hydrogen (secondary N) is 1. The van der Waals surface area contributed by atoms with Gasteiger partial charge in [0, 0.05) is 36.4 Å². The minimum atomic E-state index is -5.08. The number of rotatable bonds is 2. The monoisotopic (exact) mass is 455 g/mol. The van der Waals surface area contributed by atoms with Crippen molar-refractivity contribution in [3.8, 4) is 0 Å². The molecule has 1 atom stereocenters. The average Bonchev–Trinajstić information content (AvgIpc) is 3.37. The first-order chi connectivity index (χ1) is 14.6. The highest BCUT2D eigenvalue weighted by atomic mass is 32.1. The van der Waals surface area contributed by atoms with E-state index in [1.807, 2.05) is 33.9 Å². The van der Waals surface area contributed by atoms with E-state index in [9.17, 15) is 22.8 Å². The second-order valence-electron chi connectivity index (χ2n) is 7.41. The van der Waals surface area contributed by atoms with Crippen molar-refractivity contribution in [2.24, 2.45) is 0 Å². The maximum Gasteiger partial charge on any atom is 0.490 e. The van der Waals surface area contributed by atoms with Crippen LogP contribution in [0.2, 0.25) is 0 Å². The van der Waals surface area contributed by atoms with Crippen LogP contribution in [0.4, 0.5) is 13.2 Å². The van der Waals surface area contributed by atoms with Crippen LogP contribution in [0.1, 0.15) is 41.1 Å². The number of aromatic nitrogens is 1. The Labute approximate surface area is 179 Å². The number of pyridine rings is 1. The molecule has 4 rings (SSSR count). The zero-order valence-electron chi connectivity index (χ0n) is 16.3. The lowest BCUT2D eigenvalue weighted by Crippen LogP contribution is -2.52. The Balaban J connectivity index is 0.000000339. The quantitative estimate of drug-likeness (QED) is 0.725. The Morgan fingerprint density at radius 3 is 2.32 bits per heavy atom. The van der Waals surface area contributed by atoms with Crippen molar-refractivity contribution in [2.45, 2.75) is 36.9 Å². The summed E-state index contributed by atoms with van der Waals surface area (Å²) >= 11 is 1.54. The van der Waals surface area contributed by atoms with Gasteiger partial charge < -0.3 is 15.3 Å². The van der Waals surface area contributed by atoms with E-state index in [0.29, 0.717) is 13.1 Å². The van der Waals surface area contributed by atoms with Crippen LogP contribution in [0, 0.1) is 0 Å². The van der Waals surface area contributed by atoms with E-state index in [1.165, 1.54) is 11.3 Å². The first-order valence-corrected chi connectivity index (χ1v) is 10.4. The molecular weight excluding hydrogens is 435 g/mol. The topological polar surface area (TPSA) is 99.6 Å². The Hall–Kier alpha value is -2.95. The smallest absolute Gasteiger partial charge is 0.475 e. The number of thiophene rings is 1. The summed E-state index contributed by atoms with van der Waals surface area (Å²) in [4.78, 5) is 39.7. The van der Waals surface area contributed by atoms with Gasteiger partial charge in [-0.2, -0.15) is 24.5 Å². The molecule has 1 unspecified atom stereocenters. The van der Waals surface area contributed by atoms with Gasteiger partial charge in [0.2, 0.25) is 5.91 Å². The molecular formula is C20H20F3N3O4S. The number of amides is 2. The number of carbonyl (C=O) groups excluding carboxylic acids is 2. The molecule has 2 aromatic heterocycles. The summed E-state index contributed by atoms with van der Waals surface area (Å²) in [6.45, 7) is 1.38. The number of carboxylic acids is 1. The SMILES string of the molecule is O=C(O)C(F)(F)F.O=C1NC2(CCN(C(=O)c3ccsc3)CC2)CC1c1ccncc1. The molecule has 0 aromatic carbocycles.